The molecule has 0 heterocycles. The summed E-state index contributed by atoms with van der Waals surface area (Å²) in [6, 6.07) is 6.08. The van der Waals surface area contributed by atoms with Crippen molar-refractivity contribution in [2.75, 3.05) is 0 Å². The van der Waals surface area contributed by atoms with Crippen molar-refractivity contribution in [3.8, 4) is 0 Å². The van der Waals surface area contributed by atoms with Crippen LogP contribution in [-0.4, -0.2) is 8.07 Å². The van der Waals surface area contributed by atoms with Crippen LogP contribution in [0, 0.1) is 12.3 Å². The molecule has 0 spiro atoms. The minimum Gasteiger partial charge on any atom is -0.0678 e. The Morgan fingerprint density at radius 1 is 0.875 bits per heavy atom. The third-order valence-electron chi connectivity index (χ3n) is 4.30. The molecule has 0 aromatic carbocycles. The molecule has 0 aliphatic carbocycles. The van der Waals surface area contributed by atoms with Crippen molar-refractivity contribution in [3.63, 3.8) is 0 Å². The fourth-order valence-electron chi connectivity index (χ4n) is 2.55. The number of rotatable bonds is 10. The van der Waals surface area contributed by atoms with E-state index in [-0.39, 0.29) is 0 Å². The summed E-state index contributed by atoms with van der Waals surface area (Å²) in [4.78, 5) is 0. The molecule has 0 nitrogen and oxygen atoms in total. The van der Waals surface area contributed by atoms with Gasteiger partial charge in [0.1, 0.15) is 0 Å². The highest BCUT2D eigenvalue weighted by Gasteiger charge is 2.25. The van der Waals surface area contributed by atoms with Gasteiger partial charge in [0.15, 0.2) is 0 Å². The van der Waals surface area contributed by atoms with Crippen molar-refractivity contribution in [2.24, 2.45) is 5.92 Å². The van der Waals surface area contributed by atoms with Crippen LogP contribution in [0.15, 0.2) is 0 Å². The third-order valence-corrected chi connectivity index (χ3v) is 10.2. The Morgan fingerprint density at radius 2 is 1.44 bits per heavy atom. The number of unbranched alkanes of at least 4 members (excludes halogenated alkanes) is 3. The molecule has 0 unspecified atom stereocenters. The molecule has 0 bridgehead atoms. The minimum absolute atomic E-state index is 0.774. The van der Waals surface area contributed by atoms with Crippen LogP contribution in [0.1, 0.15) is 60.3 Å². The molecule has 1 radical (unpaired) electrons. The standard InChI is InChI=1S/C15H33Si/c1-6-16(7-2,8-3)14-12-10-9-11-13-15(4)5/h13,15H,6-12,14H2,1-5H3. The molecular formula is C15H33Si. The van der Waals surface area contributed by atoms with Gasteiger partial charge >= 0.3 is 0 Å². The van der Waals surface area contributed by atoms with E-state index < -0.39 is 8.07 Å². The van der Waals surface area contributed by atoms with E-state index in [9.17, 15) is 0 Å². The molecule has 0 fully saturated rings. The highest BCUT2D eigenvalue weighted by atomic mass is 28.3. The molecule has 0 saturated carbocycles. The Balaban J connectivity index is 3.55. The fourth-order valence-corrected chi connectivity index (χ4v) is 6.11. The van der Waals surface area contributed by atoms with E-state index in [1.807, 2.05) is 0 Å². The second-order valence-corrected chi connectivity index (χ2v) is 11.3. The van der Waals surface area contributed by atoms with E-state index in [0.29, 0.717) is 0 Å². The van der Waals surface area contributed by atoms with Crippen LogP contribution in [0.4, 0.5) is 0 Å². The largest absolute Gasteiger partial charge is 0.0678 e. The van der Waals surface area contributed by atoms with Gasteiger partial charge in [-0.1, -0.05) is 78.1 Å². The highest BCUT2D eigenvalue weighted by molar-refractivity contribution is 6.79. The SMILES string of the molecule is CC[Si](CC)(CC)CCCCC[CH]C(C)C. The van der Waals surface area contributed by atoms with Gasteiger partial charge in [0, 0.05) is 0 Å². The monoisotopic (exact) mass is 241 g/mol. The van der Waals surface area contributed by atoms with Crippen LogP contribution < -0.4 is 0 Å². The minimum atomic E-state index is -0.810. The molecule has 0 aliphatic heterocycles. The molecule has 16 heavy (non-hydrogen) atoms. The van der Waals surface area contributed by atoms with Gasteiger partial charge in [0.2, 0.25) is 0 Å². The second kappa shape index (κ2) is 9.27. The summed E-state index contributed by atoms with van der Waals surface area (Å²) >= 11 is 0. The Kier molecular flexibility index (Phi) is 9.39. The maximum atomic E-state index is 2.46. The predicted octanol–water partition coefficient (Wildman–Crippen LogP) is 5.92. The van der Waals surface area contributed by atoms with E-state index in [4.69, 9.17) is 0 Å². The van der Waals surface area contributed by atoms with Gasteiger partial charge in [-0.3, -0.25) is 0 Å². The molecule has 0 saturated heterocycles. The first kappa shape index (κ1) is 16.2. The van der Waals surface area contributed by atoms with Crippen molar-refractivity contribution in [1.29, 1.82) is 0 Å². The average molecular weight is 242 g/mol. The Morgan fingerprint density at radius 3 is 1.88 bits per heavy atom. The summed E-state index contributed by atoms with van der Waals surface area (Å²) in [5.74, 6) is 0.774. The van der Waals surface area contributed by atoms with Gasteiger partial charge in [-0.05, 0) is 18.8 Å². The summed E-state index contributed by atoms with van der Waals surface area (Å²) in [6.07, 6.45) is 8.16. The van der Waals surface area contributed by atoms with Crippen LogP contribution in [-0.2, 0) is 0 Å². The summed E-state index contributed by atoms with van der Waals surface area (Å²) in [6.45, 7) is 11.8. The van der Waals surface area contributed by atoms with Gasteiger partial charge in [0.25, 0.3) is 0 Å². The average Bonchev–Trinajstić information content (AvgIpc) is 2.29. The molecule has 0 aliphatic rings. The lowest BCUT2D eigenvalue weighted by Gasteiger charge is -2.28. The zero-order valence-electron chi connectivity index (χ0n) is 12.3. The Hall–Kier alpha value is 0.217. The summed E-state index contributed by atoms with van der Waals surface area (Å²) in [5.41, 5.74) is 0. The predicted molar refractivity (Wildman–Crippen MR) is 79.6 cm³/mol. The molecule has 1 heteroatoms. The van der Waals surface area contributed by atoms with Crippen LogP contribution in [0.3, 0.4) is 0 Å². The van der Waals surface area contributed by atoms with Gasteiger partial charge < -0.3 is 0 Å². The van der Waals surface area contributed by atoms with Crippen LogP contribution in [0.25, 0.3) is 0 Å². The quantitative estimate of drug-likeness (QED) is 0.329. The van der Waals surface area contributed by atoms with Crippen LogP contribution in [0.5, 0.6) is 0 Å². The van der Waals surface area contributed by atoms with E-state index in [2.05, 4.69) is 41.0 Å². The van der Waals surface area contributed by atoms with Gasteiger partial charge in [-0.2, -0.15) is 0 Å². The Labute approximate surface area is 105 Å². The lowest BCUT2D eigenvalue weighted by atomic mass is 10.0. The summed E-state index contributed by atoms with van der Waals surface area (Å²) in [7, 11) is -0.810. The van der Waals surface area contributed by atoms with Crippen molar-refractivity contribution >= 4 is 8.07 Å². The highest BCUT2D eigenvalue weighted by Crippen LogP contribution is 2.27. The van der Waals surface area contributed by atoms with Crippen molar-refractivity contribution in [2.45, 2.75) is 84.5 Å². The van der Waals surface area contributed by atoms with Gasteiger partial charge in [0.05, 0.1) is 8.07 Å². The topological polar surface area (TPSA) is 0 Å². The van der Waals surface area contributed by atoms with Crippen molar-refractivity contribution < 1.29 is 0 Å². The van der Waals surface area contributed by atoms with E-state index in [1.54, 1.807) is 6.04 Å². The third kappa shape index (κ3) is 6.73. The van der Waals surface area contributed by atoms with Crippen molar-refractivity contribution in [1.82, 2.24) is 0 Å². The molecule has 0 atom stereocenters. The van der Waals surface area contributed by atoms with E-state index in [1.165, 1.54) is 43.8 Å². The van der Waals surface area contributed by atoms with Crippen molar-refractivity contribution in [3.05, 3.63) is 6.42 Å². The van der Waals surface area contributed by atoms with Crippen LogP contribution >= 0.6 is 0 Å². The molecule has 0 aromatic rings. The lowest BCUT2D eigenvalue weighted by molar-refractivity contribution is 0.637. The number of hydrogen-bond donors (Lipinski definition) is 0. The first-order chi connectivity index (χ1) is 7.60. The zero-order valence-corrected chi connectivity index (χ0v) is 13.3. The Bertz CT molecular complexity index is 139. The molecule has 0 aromatic heterocycles. The summed E-state index contributed by atoms with van der Waals surface area (Å²) in [5, 5.41) is 0. The molecular weight excluding hydrogens is 208 g/mol. The number of hydrogen-bond acceptors (Lipinski definition) is 0. The maximum Gasteiger partial charge on any atom is 0.0527 e. The molecule has 97 valence electrons. The zero-order chi connectivity index (χ0) is 12.4. The molecule has 0 amide bonds. The lowest BCUT2D eigenvalue weighted by Crippen LogP contribution is -2.30. The first-order valence-electron chi connectivity index (χ1n) is 7.43. The first-order valence-corrected chi connectivity index (χ1v) is 10.3. The normalized spacial score (nSPS) is 12.4. The fraction of sp³-hybridized carbons (Fsp3) is 0.933. The van der Waals surface area contributed by atoms with E-state index >= 15 is 0 Å². The van der Waals surface area contributed by atoms with Crippen LogP contribution in [0.2, 0.25) is 24.2 Å². The smallest absolute Gasteiger partial charge is 0.0527 e. The van der Waals surface area contributed by atoms with Gasteiger partial charge in [-0.25, -0.2) is 0 Å². The summed E-state index contributed by atoms with van der Waals surface area (Å²) < 4.78 is 0. The maximum absolute atomic E-state index is 2.46. The van der Waals surface area contributed by atoms with Gasteiger partial charge in [-0.15, -0.1) is 0 Å². The van der Waals surface area contributed by atoms with E-state index in [0.717, 1.165) is 5.92 Å². The molecule has 0 N–H and O–H groups in total. The second-order valence-electron chi connectivity index (χ2n) is 5.64. The molecule has 0 rings (SSSR count).